The number of hydrogen-bond donors (Lipinski definition) is 1. The Morgan fingerprint density at radius 3 is 2.71 bits per heavy atom. The molecule has 0 radical (unpaired) electrons. The molecule has 1 unspecified atom stereocenters. The fourth-order valence-electron chi connectivity index (χ4n) is 2.41. The molecule has 0 spiro atoms. The molecule has 0 bridgehead atoms. The molecule has 1 saturated heterocycles. The van der Waals surface area contributed by atoms with E-state index in [0.717, 1.165) is 32.7 Å². The second-order valence-electron chi connectivity index (χ2n) is 4.91. The zero-order chi connectivity index (χ0) is 10.6. The van der Waals surface area contributed by atoms with Gasteiger partial charge in [0.1, 0.15) is 0 Å². The van der Waals surface area contributed by atoms with Crippen LogP contribution in [0.25, 0.3) is 0 Å². The lowest BCUT2D eigenvalue weighted by Gasteiger charge is -2.31. The molecule has 84 valence electrons. The van der Waals surface area contributed by atoms with Gasteiger partial charge in [-0.1, -0.05) is 0 Å². The first-order valence-electron chi connectivity index (χ1n) is 5.54. The number of nitrogens with two attached hydrogens (primary N) is 1. The third-order valence-corrected chi connectivity index (χ3v) is 3.23. The number of methoxy groups -OCH3 is 1. The van der Waals surface area contributed by atoms with Crippen LogP contribution in [0.1, 0.15) is 26.7 Å². The van der Waals surface area contributed by atoms with E-state index in [0.29, 0.717) is 11.5 Å². The van der Waals surface area contributed by atoms with Crippen LogP contribution in [0.2, 0.25) is 0 Å². The molecule has 1 rings (SSSR count). The monoisotopic (exact) mass is 200 g/mol. The van der Waals surface area contributed by atoms with E-state index in [1.807, 2.05) is 0 Å². The van der Waals surface area contributed by atoms with Crippen molar-refractivity contribution in [3.05, 3.63) is 0 Å². The van der Waals surface area contributed by atoms with Crippen LogP contribution in [0.5, 0.6) is 0 Å². The molecule has 0 aromatic carbocycles. The van der Waals surface area contributed by atoms with Crippen molar-refractivity contribution in [3.8, 4) is 0 Å². The fraction of sp³-hybridized carbons (Fsp3) is 1.00. The molecule has 0 aliphatic carbocycles. The van der Waals surface area contributed by atoms with Crippen molar-refractivity contribution in [3.63, 3.8) is 0 Å². The maximum Gasteiger partial charge on any atom is 0.0474 e. The Kier molecular flexibility index (Phi) is 4.35. The summed E-state index contributed by atoms with van der Waals surface area (Å²) < 4.78 is 5.07. The smallest absolute Gasteiger partial charge is 0.0474 e. The van der Waals surface area contributed by atoms with Crippen LogP contribution in [0.15, 0.2) is 0 Å². The number of ether oxygens (including phenoxy) is 1. The van der Waals surface area contributed by atoms with Gasteiger partial charge in [-0.15, -0.1) is 0 Å². The van der Waals surface area contributed by atoms with E-state index in [9.17, 15) is 0 Å². The third kappa shape index (κ3) is 2.94. The summed E-state index contributed by atoms with van der Waals surface area (Å²) in [7, 11) is 1.76. The molecule has 14 heavy (non-hydrogen) atoms. The molecular formula is C11H24N2O. The van der Waals surface area contributed by atoms with Crippen molar-refractivity contribution in [2.45, 2.75) is 32.2 Å². The number of rotatable bonds is 5. The van der Waals surface area contributed by atoms with Crippen molar-refractivity contribution in [2.75, 3.05) is 33.4 Å². The molecule has 0 aromatic rings. The van der Waals surface area contributed by atoms with Crippen molar-refractivity contribution in [1.29, 1.82) is 0 Å². The quantitative estimate of drug-likeness (QED) is 0.675. The Balaban J connectivity index is 2.36. The van der Waals surface area contributed by atoms with Gasteiger partial charge in [0.2, 0.25) is 0 Å². The van der Waals surface area contributed by atoms with Gasteiger partial charge in [0.15, 0.2) is 0 Å². The summed E-state index contributed by atoms with van der Waals surface area (Å²) in [6.07, 6.45) is 2.35. The van der Waals surface area contributed by atoms with Gasteiger partial charge >= 0.3 is 0 Å². The third-order valence-electron chi connectivity index (χ3n) is 3.23. The average Bonchev–Trinajstić information content (AvgIpc) is 2.42. The van der Waals surface area contributed by atoms with E-state index in [-0.39, 0.29) is 0 Å². The summed E-state index contributed by atoms with van der Waals surface area (Å²) in [6.45, 7) is 8.61. The Bertz CT molecular complexity index is 171. The summed E-state index contributed by atoms with van der Waals surface area (Å²) >= 11 is 0. The lowest BCUT2D eigenvalue weighted by Crippen LogP contribution is -2.39. The fourth-order valence-corrected chi connectivity index (χ4v) is 2.41. The van der Waals surface area contributed by atoms with Crippen LogP contribution in [0, 0.1) is 5.92 Å². The first-order valence-corrected chi connectivity index (χ1v) is 5.54. The number of nitrogens with zero attached hydrogens (tertiary/aromatic N) is 1. The van der Waals surface area contributed by atoms with Crippen LogP contribution in [-0.2, 0) is 4.74 Å². The first-order chi connectivity index (χ1) is 6.60. The summed E-state index contributed by atoms with van der Waals surface area (Å²) in [5.74, 6) is 0.688. The predicted molar refractivity (Wildman–Crippen MR) is 59.3 cm³/mol. The summed E-state index contributed by atoms with van der Waals surface area (Å²) in [5.41, 5.74) is 6.05. The van der Waals surface area contributed by atoms with Gasteiger partial charge in [-0.2, -0.15) is 0 Å². The van der Waals surface area contributed by atoms with E-state index in [1.165, 1.54) is 6.42 Å². The summed E-state index contributed by atoms with van der Waals surface area (Å²) in [6, 6.07) is 0. The minimum absolute atomic E-state index is 0.331. The Morgan fingerprint density at radius 2 is 2.21 bits per heavy atom. The minimum atomic E-state index is 0.331. The van der Waals surface area contributed by atoms with E-state index < -0.39 is 0 Å². The van der Waals surface area contributed by atoms with Crippen LogP contribution < -0.4 is 5.73 Å². The van der Waals surface area contributed by atoms with Gasteiger partial charge in [0.05, 0.1) is 0 Å². The van der Waals surface area contributed by atoms with Gasteiger partial charge in [-0.05, 0) is 39.2 Å². The molecule has 0 saturated carbocycles. The predicted octanol–water partition coefficient (Wildman–Crippen LogP) is 1.08. The number of likely N-dealkylation sites (tertiary alicyclic amines) is 1. The molecule has 1 heterocycles. The van der Waals surface area contributed by atoms with Gasteiger partial charge in [-0.3, -0.25) is 4.90 Å². The molecule has 0 amide bonds. The Labute approximate surface area is 87.6 Å². The second-order valence-corrected chi connectivity index (χ2v) is 4.91. The van der Waals surface area contributed by atoms with Gasteiger partial charge in [0, 0.05) is 32.3 Å². The highest BCUT2D eigenvalue weighted by molar-refractivity contribution is 4.92. The second kappa shape index (κ2) is 5.10. The van der Waals surface area contributed by atoms with Crippen LogP contribution in [0.3, 0.4) is 0 Å². The molecule has 0 aromatic heterocycles. The molecule has 3 nitrogen and oxygen atoms in total. The van der Waals surface area contributed by atoms with Gasteiger partial charge in [-0.25, -0.2) is 0 Å². The molecular weight excluding hydrogens is 176 g/mol. The lowest BCUT2D eigenvalue weighted by atomic mass is 9.96. The van der Waals surface area contributed by atoms with Gasteiger partial charge in [0.25, 0.3) is 0 Å². The standard InChI is InChI=1S/C11H24N2O/c1-11(2)7-10(8-12)9-13(11)5-4-6-14-3/h10H,4-9,12H2,1-3H3. The normalized spacial score (nSPS) is 27.0. The Morgan fingerprint density at radius 1 is 1.50 bits per heavy atom. The first kappa shape index (κ1) is 12.0. The zero-order valence-electron chi connectivity index (χ0n) is 9.75. The minimum Gasteiger partial charge on any atom is -0.385 e. The lowest BCUT2D eigenvalue weighted by molar-refractivity contribution is 0.137. The SMILES string of the molecule is COCCCN1CC(CN)CC1(C)C. The maximum atomic E-state index is 5.72. The summed E-state index contributed by atoms with van der Waals surface area (Å²) in [4.78, 5) is 2.55. The van der Waals surface area contributed by atoms with E-state index in [4.69, 9.17) is 10.5 Å². The molecule has 2 N–H and O–H groups in total. The van der Waals surface area contributed by atoms with Crippen LogP contribution >= 0.6 is 0 Å². The highest BCUT2D eigenvalue weighted by atomic mass is 16.5. The van der Waals surface area contributed by atoms with Crippen molar-refractivity contribution < 1.29 is 4.74 Å². The topological polar surface area (TPSA) is 38.5 Å². The Hall–Kier alpha value is -0.120. The van der Waals surface area contributed by atoms with Crippen molar-refractivity contribution in [1.82, 2.24) is 4.90 Å². The molecule has 3 heteroatoms. The highest BCUT2D eigenvalue weighted by Gasteiger charge is 2.36. The van der Waals surface area contributed by atoms with E-state index in [2.05, 4.69) is 18.7 Å². The largest absolute Gasteiger partial charge is 0.385 e. The zero-order valence-corrected chi connectivity index (χ0v) is 9.75. The van der Waals surface area contributed by atoms with Crippen molar-refractivity contribution in [2.24, 2.45) is 11.7 Å². The van der Waals surface area contributed by atoms with E-state index >= 15 is 0 Å². The molecule has 1 aliphatic heterocycles. The van der Waals surface area contributed by atoms with Crippen molar-refractivity contribution >= 4 is 0 Å². The van der Waals surface area contributed by atoms with Crippen LogP contribution in [0.4, 0.5) is 0 Å². The van der Waals surface area contributed by atoms with Gasteiger partial charge < -0.3 is 10.5 Å². The summed E-state index contributed by atoms with van der Waals surface area (Å²) in [5, 5.41) is 0. The highest BCUT2D eigenvalue weighted by Crippen LogP contribution is 2.31. The van der Waals surface area contributed by atoms with Crippen LogP contribution in [-0.4, -0.2) is 43.8 Å². The molecule has 1 fully saturated rings. The average molecular weight is 200 g/mol. The maximum absolute atomic E-state index is 5.72. The molecule has 1 aliphatic rings. The molecule has 1 atom stereocenters. The van der Waals surface area contributed by atoms with E-state index in [1.54, 1.807) is 7.11 Å². The number of hydrogen-bond acceptors (Lipinski definition) is 3.